The largest absolute Gasteiger partial charge is 0.456 e. The van der Waals surface area contributed by atoms with Crippen molar-refractivity contribution in [3.8, 4) is 11.4 Å². The quantitative estimate of drug-likeness (QED) is 0.173. The number of aromatic nitrogens is 2. The van der Waals surface area contributed by atoms with Crippen LogP contribution in [-0.2, 0) is 0 Å². The van der Waals surface area contributed by atoms with Crippen LogP contribution in [0.5, 0.6) is 0 Å². The van der Waals surface area contributed by atoms with Crippen molar-refractivity contribution in [2.24, 2.45) is 0 Å². The Labute approximate surface area is 566 Å². The van der Waals surface area contributed by atoms with Crippen LogP contribution in [0.1, 0.15) is 33.4 Å². The number of furan rings is 2. The Hall–Kier alpha value is -11.3. The molecule has 6 heterocycles. The first kappa shape index (κ1) is 60.9. The molecule has 0 unspecified atom stereocenters. The van der Waals surface area contributed by atoms with Gasteiger partial charge in [-0.1, -0.05) is 217 Å². The van der Waals surface area contributed by atoms with Gasteiger partial charge in [0.05, 0.1) is 22.1 Å². The van der Waals surface area contributed by atoms with Crippen molar-refractivity contribution < 1.29 is 8.83 Å². The summed E-state index contributed by atoms with van der Waals surface area (Å²) < 4.78 is 21.7. The van der Waals surface area contributed by atoms with Gasteiger partial charge < -0.3 is 18.0 Å². The smallest absolute Gasteiger partial charge is 0.135 e. The second-order valence-corrected chi connectivity index (χ2v) is 26.8. The van der Waals surface area contributed by atoms with Gasteiger partial charge in [0.1, 0.15) is 22.3 Å². The molecule has 0 fully saturated rings. The molecule has 6 aromatic heterocycles. The fourth-order valence-electron chi connectivity index (χ4n) is 13.6. The van der Waals surface area contributed by atoms with Crippen LogP contribution in [-0.4, -0.2) is 9.13 Å². The number of aryl methyl sites for hydroxylation is 6. The highest BCUT2D eigenvalue weighted by molar-refractivity contribution is 7.26. The monoisotopic (exact) mass is 1270 g/mol. The zero-order valence-corrected chi connectivity index (χ0v) is 56.2. The maximum absolute atomic E-state index is 5.73. The van der Waals surface area contributed by atoms with Crippen LogP contribution in [0, 0.1) is 41.5 Å². The van der Waals surface area contributed by atoms with E-state index in [9.17, 15) is 0 Å². The lowest BCUT2D eigenvalue weighted by molar-refractivity contribution is 0.668. The first-order chi connectivity index (χ1) is 47.1. The Kier molecular flexibility index (Phi) is 16.9. The average Bonchev–Trinajstić information content (AvgIpc) is 1.61. The summed E-state index contributed by atoms with van der Waals surface area (Å²) in [5.41, 5.74) is 19.3. The molecule has 0 aliphatic rings. The maximum Gasteiger partial charge on any atom is 0.135 e. The summed E-state index contributed by atoms with van der Waals surface area (Å²) in [6.45, 7) is 12.9. The topological polar surface area (TPSA) is 36.1 Å². The number of rotatable bonds is 2. The summed E-state index contributed by atoms with van der Waals surface area (Å²) >= 11 is 3.75. The molecule has 0 spiro atoms. The van der Waals surface area contributed by atoms with Gasteiger partial charge in [0.2, 0.25) is 0 Å². The van der Waals surface area contributed by atoms with Gasteiger partial charge in [0.15, 0.2) is 0 Å². The second kappa shape index (κ2) is 26.6. The molecule has 0 bridgehead atoms. The lowest BCUT2D eigenvalue weighted by Crippen LogP contribution is -1.92. The molecule has 464 valence electrons. The Morgan fingerprint density at radius 1 is 0.219 bits per heavy atom. The highest BCUT2D eigenvalue weighted by Crippen LogP contribution is 2.39. The van der Waals surface area contributed by atoms with E-state index in [1.807, 2.05) is 77.3 Å². The van der Waals surface area contributed by atoms with E-state index < -0.39 is 0 Å². The average molecular weight is 1280 g/mol. The van der Waals surface area contributed by atoms with E-state index in [4.69, 9.17) is 8.83 Å². The fraction of sp³-hybridized carbons (Fsp3) is 0.0667. The Morgan fingerprint density at radius 3 is 1.31 bits per heavy atom. The van der Waals surface area contributed by atoms with Gasteiger partial charge in [-0.25, -0.2) is 0 Å². The molecule has 0 amide bonds. The van der Waals surface area contributed by atoms with E-state index >= 15 is 0 Å². The number of thiophene rings is 2. The lowest BCUT2D eigenvalue weighted by atomic mass is 10.1. The Balaban J connectivity index is 0.0000000953. The van der Waals surface area contributed by atoms with Gasteiger partial charge in [0, 0.05) is 94.8 Å². The molecule has 6 heteroatoms. The number of nitrogens with zero attached hydrogens (tertiary/aromatic N) is 2. The predicted molar refractivity (Wildman–Crippen MR) is 416 cm³/mol. The molecule has 20 rings (SSSR count). The van der Waals surface area contributed by atoms with Crippen LogP contribution in [0.3, 0.4) is 0 Å². The molecule has 14 aromatic carbocycles. The van der Waals surface area contributed by atoms with Crippen molar-refractivity contribution in [3.63, 3.8) is 0 Å². The first-order valence-corrected chi connectivity index (χ1v) is 34.3. The molecular formula is C90H70N2O2S2. The van der Waals surface area contributed by atoms with E-state index in [-0.39, 0.29) is 0 Å². The third-order valence-electron chi connectivity index (χ3n) is 18.0. The number of hydrogen-bond acceptors (Lipinski definition) is 4. The number of fused-ring (bicyclic) bond motifs is 18. The minimum absolute atomic E-state index is 0.966. The number of benzene rings is 14. The number of para-hydroxylation sites is 6. The fourth-order valence-corrected chi connectivity index (χ4v) is 15.8. The molecule has 0 radical (unpaired) electrons. The van der Waals surface area contributed by atoms with E-state index in [1.54, 1.807) is 0 Å². The molecule has 0 saturated heterocycles. The molecule has 0 saturated carbocycles. The van der Waals surface area contributed by atoms with Crippen LogP contribution in [0.25, 0.3) is 139 Å². The van der Waals surface area contributed by atoms with Crippen LogP contribution in [0.2, 0.25) is 0 Å². The highest BCUT2D eigenvalue weighted by Gasteiger charge is 2.15. The first-order valence-electron chi connectivity index (χ1n) is 32.7. The molecule has 96 heavy (non-hydrogen) atoms. The van der Waals surface area contributed by atoms with Crippen molar-refractivity contribution in [2.45, 2.75) is 41.5 Å². The van der Waals surface area contributed by atoms with Crippen molar-refractivity contribution in [3.05, 3.63) is 349 Å². The molecule has 0 atom stereocenters. The van der Waals surface area contributed by atoms with Gasteiger partial charge >= 0.3 is 0 Å². The third-order valence-corrected chi connectivity index (χ3v) is 20.3. The third kappa shape index (κ3) is 11.9. The molecule has 4 nitrogen and oxygen atoms in total. The van der Waals surface area contributed by atoms with E-state index in [1.165, 1.54) is 150 Å². The zero-order valence-electron chi connectivity index (χ0n) is 54.5. The molecule has 0 N–H and O–H groups in total. The molecule has 0 aliphatic heterocycles. The zero-order chi connectivity index (χ0) is 65.2. The van der Waals surface area contributed by atoms with Crippen LogP contribution in [0.4, 0.5) is 0 Å². The van der Waals surface area contributed by atoms with Crippen LogP contribution >= 0.6 is 22.7 Å². The standard InChI is InChI=1S/2C19H15N.2C13H10O.2C13H10S/c1-14-8-7-13-18-19(14)16-11-5-6-12-17(16)20(18)15-9-3-2-4-10-15;1-14-11-12-19-17(13-14)16-9-5-6-10-18(16)20(19)15-7-3-2-4-8-15;1-9-5-4-8-12-13(9)10-6-2-3-7-11(10)14-12;1-9-6-7-13-11(8-9)10-4-2-3-5-12(10)14-13;1-9-5-4-8-12-13(9)10-6-2-3-7-11(10)14-12;1-9-6-7-13-11(8-9)10-4-2-3-5-12(10)14-13/h2*2-13H,1H3;4*2-8H,1H3. The summed E-state index contributed by atoms with van der Waals surface area (Å²) in [6.07, 6.45) is 0. The Bertz CT molecular complexity index is 5950. The minimum atomic E-state index is 0.966. The van der Waals surface area contributed by atoms with Gasteiger partial charge in [-0.3, -0.25) is 0 Å². The Morgan fingerprint density at radius 2 is 0.615 bits per heavy atom. The summed E-state index contributed by atoms with van der Waals surface area (Å²) in [7, 11) is 0. The molecule has 0 aliphatic carbocycles. The second-order valence-electron chi connectivity index (χ2n) is 24.7. The lowest BCUT2D eigenvalue weighted by Gasteiger charge is -2.07. The van der Waals surface area contributed by atoms with Gasteiger partial charge in [-0.05, 0) is 173 Å². The maximum atomic E-state index is 5.73. The van der Waals surface area contributed by atoms with Crippen molar-refractivity contribution >= 4 is 151 Å². The number of hydrogen-bond donors (Lipinski definition) is 0. The van der Waals surface area contributed by atoms with E-state index in [0.29, 0.717) is 0 Å². The predicted octanol–water partition coefficient (Wildman–Crippen LogP) is 26.7. The van der Waals surface area contributed by atoms with Crippen molar-refractivity contribution in [1.29, 1.82) is 0 Å². The molecule has 20 aromatic rings. The van der Waals surface area contributed by atoms with Crippen molar-refractivity contribution in [1.82, 2.24) is 9.13 Å². The summed E-state index contributed by atoms with van der Waals surface area (Å²) in [6, 6.07) is 111. The summed E-state index contributed by atoms with van der Waals surface area (Å²) in [4.78, 5) is 0. The molecular weight excluding hydrogens is 1210 g/mol. The van der Waals surface area contributed by atoms with Gasteiger partial charge in [-0.15, -0.1) is 22.7 Å². The van der Waals surface area contributed by atoms with Gasteiger partial charge in [0.25, 0.3) is 0 Å². The van der Waals surface area contributed by atoms with Gasteiger partial charge in [-0.2, -0.15) is 0 Å². The summed E-state index contributed by atoms with van der Waals surface area (Å²) in [5.74, 6) is 0. The minimum Gasteiger partial charge on any atom is -0.456 e. The van der Waals surface area contributed by atoms with E-state index in [2.05, 4.69) is 312 Å². The van der Waals surface area contributed by atoms with Crippen LogP contribution in [0.15, 0.2) is 324 Å². The van der Waals surface area contributed by atoms with E-state index in [0.717, 1.165) is 22.3 Å². The normalized spacial score (nSPS) is 11.2. The summed E-state index contributed by atoms with van der Waals surface area (Å²) in [5, 5.41) is 15.8. The van der Waals surface area contributed by atoms with Crippen LogP contribution < -0.4 is 0 Å². The highest BCUT2D eigenvalue weighted by atomic mass is 32.1. The van der Waals surface area contributed by atoms with Crippen molar-refractivity contribution in [2.75, 3.05) is 0 Å². The SMILES string of the molecule is Cc1ccc2c(c1)c1ccccc1n2-c1ccccc1.Cc1ccc2oc3ccccc3c2c1.Cc1ccc2sc3ccccc3c2c1.Cc1cccc2c1c1ccccc1n2-c1ccccc1.Cc1cccc2oc3ccccc3c12.Cc1cccc2sc3ccccc3c12.